The van der Waals surface area contributed by atoms with E-state index in [2.05, 4.69) is 41.7 Å². The van der Waals surface area contributed by atoms with E-state index < -0.39 is 0 Å². The van der Waals surface area contributed by atoms with Crippen LogP contribution in [0.1, 0.15) is 46.1 Å². The molecule has 0 spiro atoms. The van der Waals surface area contributed by atoms with Crippen LogP contribution >= 0.6 is 0 Å². The Labute approximate surface area is 151 Å². The quantitative estimate of drug-likeness (QED) is 0.498. The molecule has 0 bridgehead atoms. The number of carbonyl (C=O) groups is 1. The molecule has 3 N–H and O–H groups in total. The molecule has 0 saturated carbocycles. The third-order valence-electron chi connectivity index (χ3n) is 3.82. The minimum atomic E-state index is -0.125. The molecule has 140 valence electrons. The molecule has 1 atom stereocenters. The first kappa shape index (κ1) is 20.8. The van der Waals surface area contributed by atoms with Crippen molar-refractivity contribution < 1.29 is 9.53 Å². The lowest BCUT2D eigenvalue weighted by molar-refractivity contribution is -0.114. The largest absolute Gasteiger partial charge is 0.495 e. The van der Waals surface area contributed by atoms with Gasteiger partial charge in [0.05, 0.1) is 12.8 Å². The average molecular weight is 348 g/mol. The molecule has 0 aliphatic heterocycles. The summed E-state index contributed by atoms with van der Waals surface area (Å²) in [6.45, 7) is 8.71. The second-order valence-corrected chi connectivity index (χ2v) is 6.66. The van der Waals surface area contributed by atoms with E-state index in [-0.39, 0.29) is 5.91 Å². The Kier molecular flexibility index (Phi) is 8.81. The molecule has 0 aliphatic rings. The summed E-state index contributed by atoms with van der Waals surface area (Å²) in [5.74, 6) is 1.99. The Bertz CT molecular complexity index is 585. The van der Waals surface area contributed by atoms with Crippen molar-refractivity contribution in [3.63, 3.8) is 0 Å². The molecule has 6 heteroatoms. The third-order valence-corrected chi connectivity index (χ3v) is 3.82. The number of methoxy groups -OCH3 is 1. The van der Waals surface area contributed by atoms with Gasteiger partial charge in [-0.15, -0.1) is 0 Å². The molecule has 0 aliphatic carbocycles. The normalized spacial score (nSPS) is 12.7. The molecule has 1 amide bonds. The van der Waals surface area contributed by atoms with Gasteiger partial charge >= 0.3 is 0 Å². The summed E-state index contributed by atoms with van der Waals surface area (Å²) in [6, 6.07) is 6.08. The summed E-state index contributed by atoms with van der Waals surface area (Å²) in [5.41, 5.74) is 1.70. The summed E-state index contributed by atoms with van der Waals surface area (Å²) in [5, 5.41) is 9.50. The summed E-state index contributed by atoms with van der Waals surface area (Å²) in [6.07, 6.45) is 2.29. The summed E-state index contributed by atoms with van der Waals surface area (Å²) < 4.78 is 5.28. The number of amides is 1. The summed E-state index contributed by atoms with van der Waals surface area (Å²) >= 11 is 0. The van der Waals surface area contributed by atoms with Gasteiger partial charge in [-0.25, -0.2) is 0 Å². The van der Waals surface area contributed by atoms with Gasteiger partial charge < -0.3 is 20.7 Å². The van der Waals surface area contributed by atoms with Gasteiger partial charge in [-0.05, 0) is 43.4 Å². The fourth-order valence-electron chi connectivity index (χ4n) is 2.42. The van der Waals surface area contributed by atoms with E-state index in [1.54, 1.807) is 14.2 Å². The topological polar surface area (TPSA) is 74.8 Å². The number of benzene rings is 1. The highest BCUT2D eigenvalue weighted by molar-refractivity contribution is 5.90. The molecule has 0 aromatic heterocycles. The van der Waals surface area contributed by atoms with Gasteiger partial charge in [0.2, 0.25) is 5.91 Å². The molecule has 1 aromatic carbocycles. The maximum Gasteiger partial charge on any atom is 0.221 e. The number of rotatable bonds is 8. The molecule has 0 radical (unpaired) electrons. The van der Waals surface area contributed by atoms with E-state index in [1.165, 1.54) is 13.3 Å². The van der Waals surface area contributed by atoms with E-state index >= 15 is 0 Å². The fraction of sp³-hybridized carbons (Fsp3) is 0.579. The van der Waals surface area contributed by atoms with Crippen molar-refractivity contribution in [1.82, 2.24) is 10.6 Å². The van der Waals surface area contributed by atoms with E-state index in [9.17, 15) is 4.79 Å². The van der Waals surface area contributed by atoms with Gasteiger partial charge in [-0.2, -0.15) is 0 Å². The molecule has 0 saturated heterocycles. The number of hydrogen-bond donors (Lipinski definition) is 3. The first-order valence-electron chi connectivity index (χ1n) is 8.77. The first-order valence-corrected chi connectivity index (χ1v) is 8.77. The Morgan fingerprint density at radius 2 is 1.96 bits per heavy atom. The number of guanidine groups is 1. The van der Waals surface area contributed by atoms with Gasteiger partial charge in [0.25, 0.3) is 0 Å². The zero-order valence-electron chi connectivity index (χ0n) is 16.3. The molecule has 1 rings (SSSR count). The van der Waals surface area contributed by atoms with Crippen LogP contribution in [0.15, 0.2) is 23.2 Å². The van der Waals surface area contributed by atoms with Gasteiger partial charge in [-0.1, -0.05) is 19.9 Å². The van der Waals surface area contributed by atoms with Crippen LogP contribution in [-0.2, 0) is 11.3 Å². The van der Waals surface area contributed by atoms with Crippen LogP contribution in [0.3, 0.4) is 0 Å². The molecular weight excluding hydrogens is 316 g/mol. The third kappa shape index (κ3) is 7.92. The zero-order valence-corrected chi connectivity index (χ0v) is 16.3. The van der Waals surface area contributed by atoms with E-state index in [4.69, 9.17) is 4.74 Å². The second-order valence-electron chi connectivity index (χ2n) is 6.66. The Morgan fingerprint density at radius 1 is 1.24 bits per heavy atom. The Balaban J connectivity index is 2.64. The van der Waals surface area contributed by atoms with Crippen LogP contribution in [0.25, 0.3) is 0 Å². The first-order chi connectivity index (χ1) is 11.8. The van der Waals surface area contributed by atoms with Crippen LogP contribution in [0.5, 0.6) is 5.75 Å². The minimum absolute atomic E-state index is 0.125. The highest BCUT2D eigenvalue weighted by atomic mass is 16.5. The van der Waals surface area contributed by atoms with Crippen molar-refractivity contribution in [1.29, 1.82) is 0 Å². The van der Waals surface area contributed by atoms with Gasteiger partial charge in [0.1, 0.15) is 5.75 Å². The number of carbonyl (C=O) groups excluding carboxylic acids is 1. The number of anilines is 1. The van der Waals surface area contributed by atoms with Crippen molar-refractivity contribution >= 4 is 17.6 Å². The predicted octanol–water partition coefficient (Wildman–Crippen LogP) is 3.14. The maximum absolute atomic E-state index is 11.3. The highest BCUT2D eigenvalue weighted by Gasteiger charge is 2.08. The zero-order chi connectivity index (χ0) is 18.8. The van der Waals surface area contributed by atoms with Crippen molar-refractivity contribution in [3.05, 3.63) is 23.8 Å². The van der Waals surface area contributed by atoms with Crippen LogP contribution in [-0.4, -0.2) is 32.1 Å². The van der Waals surface area contributed by atoms with E-state index in [0.717, 1.165) is 17.9 Å². The molecule has 0 heterocycles. The lowest BCUT2D eigenvalue weighted by Crippen LogP contribution is -2.41. The smallest absolute Gasteiger partial charge is 0.221 e. The lowest BCUT2D eigenvalue weighted by Gasteiger charge is -2.19. The molecule has 25 heavy (non-hydrogen) atoms. The number of hydrogen-bond acceptors (Lipinski definition) is 3. The lowest BCUT2D eigenvalue weighted by atomic mass is 10.0. The summed E-state index contributed by atoms with van der Waals surface area (Å²) in [4.78, 5) is 15.6. The predicted molar refractivity (Wildman–Crippen MR) is 104 cm³/mol. The molecule has 0 fully saturated rings. The standard InChI is InChI=1S/C19H32N4O2/c1-13(2)7-8-14(3)22-19(20-5)21-12-16-9-10-18(25-6)17(11-16)23-15(4)24/h9-11,13-14H,7-8,12H2,1-6H3,(H,23,24)(H2,20,21,22). The maximum atomic E-state index is 11.3. The molecule has 1 aromatic rings. The number of aliphatic imine (C=N–C) groups is 1. The van der Waals surface area contributed by atoms with E-state index in [0.29, 0.717) is 29.9 Å². The fourth-order valence-corrected chi connectivity index (χ4v) is 2.42. The number of ether oxygens (including phenoxy) is 1. The van der Waals surface area contributed by atoms with Gasteiger partial charge in [0.15, 0.2) is 5.96 Å². The number of nitrogens with zero attached hydrogens (tertiary/aromatic N) is 1. The Hall–Kier alpha value is -2.24. The highest BCUT2D eigenvalue weighted by Crippen LogP contribution is 2.25. The average Bonchev–Trinajstić information content (AvgIpc) is 2.56. The second kappa shape index (κ2) is 10.6. The van der Waals surface area contributed by atoms with Crippen LogP contribution in [0.4, 0.5) is 5.69 Å². The van der Waals surface area contributed by atoms with Crippen LogP contribution < -0.4 is 20.7 Å². The summed E-state index contributed by atoms with van der Waals surface area (Å²) in [7, 11) is 3.35. The number of nitrogens with one attached hydrogen (secondary N) is 3. The molecular formula is C19H32N4O2. The van der Waals surface area contributed by atoms with Crippen molar-refractivity contribution in [2.45, 2.75) is 53.1 Å². The van der Waals surface area contributed by atoms with Crippen molar-refractivity contribution in [2.75, 3.05) is 19.5 Å². The van der Waals surface area contributed by atoms with Crippen molar-refractivity contribution in [2.24, 2.45) is 10.9 Å². The molecule has 1 unspecified atom stereocenters. The van der Waals surface area contributed by atoms with Gasteiger partial charge in [0, 0.05) is 26.6 Å². The Morgan fingerprint density at radius 3 is 2.52 bits per heavy atom. The minimum Gasteiger partial charge on any atom is -0.495 e. The van der Waals surface area contributed by atoms with Crippen LogP contribution in [0.2, 0.25) is 0 Å². The van der Waals surface area contributed by atoms with Gasteiger partial charge in [-0.3, -0.25) is 9.79 Å². The monoisotopic (exact) mass is 348 g/mol. The molecule has 6 nitrogen and oxygen atoms in total. The van der Waals surface area contributed by atoms with Crippen LogP contribution in [0, 0.1) is 5.92 Å². The SMILES string of the molecule is CN=C(NCc1ccc(OC)c(NC(C)=O)c1)NC(C)CCC(C)C. The van der Waals surface area contributed by atoms with Crippen molar-refractivity contribution in [3.8, 4) is 5.75 Å². The van der Waals surface area contributed by atoms with E-state index in [1.807, 2.05) is 18.2 Å².